The average Bonchev–Trinajstić information content (AvgIpc) is 2.73. The molecular weight excluding hydrogens is 338 g/mol. The van der Waals surface area contributed by atoms with Crippen molar-refractivity contribution in [3.8, 4) is 0 Å². The zero-order valence-corrected chi connectivity index (χ0v) is 16.4. The van der Waals surface area contributed by atoms with Crippen LogP contribution in [0.1, 0.15) is 27.8 Å². The molecule has 146 valence electrons. The van der Waals surface area contributed by atoms with Gasteiger partial charge in [0.25, 0.3) is 6.02 Å². The Bertz CT molecular complexity index is 751. The third-order valence-corrected chi connectivity index (χ3v) is 3.11. The maximum atomic E-state index is 5.61. The molecule has 0 atom stereocenters. The van der Waals surface area contributed by atoms with E-state index in [9.17, 15) is 0 Å². The Morgan fingerprint density at radius 1 is 1.41 bits per heavy atom. The first-order valence-corrected chi connectivity index (χ1v) is 8.54. The number of hydrogen-bond acceptors (Lipinski definition) is 6. The van der Waals surface area contributed by atoms with Gasteiger partial charge in [0.15, 0.2) is 5.76 Å². The fourth-order valence-electron chi connectivity index (χ4n) is 1.84. The van der Waals surface area contributed by atoms with E-state index in [0.29, 0.717) is 23.7 Å². The highest BCUT2D eigenvalue weighted by molar-refractivity contribution is 5.95. The topological polar surface area (TPSA) is 84.9 Å². The van der Waals surface area contributed by atoms with E-state index < -0.39 is 0 Å². The molecule has 3 N–H and O–H groups in total. The third-order valence-electron chi connectivity index (χ3n) is 3.11. The van der Waals surface area contributed by atoms with Crippen LogP contribution in [0.2, 0.25) is 0 Å². The first kappa shape index (κ1) is 23.6. The number of nitrogens with two attached hydrogens (primary N) is 1. The van der Waals surface area contributed by atoms with Crippen LogP contribution in [-0.2, 0) is 4.74 Å². The minimum Gasteiger partial charge on any atom is -0.422 e. The van der Waals surface area contributed by atoms with Gasteiger partial charge >= 0.3 is 0 Å². The summed E-state index contributed by atoms with van der Waals surface area (Å²) in [5.41, 5.74) is 8.83. The van der Waals surface area contributed by atoms with E-state index in [0.717, 1.165) is 11.1 Å². The van der Waals surface area contributed by atoms with Crippen LogP contribution in [0.15, 0.2) is 84.4 Å². The summed E-state index contributed by atoms with van der Waals surface area (Å²) in [5.74, 6) is 0.371. The summed E-state index contributed by atoms with van der Waals surface area (Å²) in [6.45, 7) is 20.1. The average molecular weight is 370 g/mol. The molecule has 0 unspecified atom stereocenters. The summed E-state index contributed by atoms with van der Waals surface area (Å²) < 4.78 is 5.61. The number of amidine groups is 1. The highest BCUT2D eigenvalue weighted by atomic mass is 16.5. The quantitative estimate of drug-likeness (QED) is 0.340. The molecule has 0 fully saturated rings. The van der Waals surface area contributed by atoms with Crippen molar-refractivity contribution < 1.29 is 6.16 Å². The Morgan fingerprint density at radius 2 is 2.11 bits per heavy atom. The summed E-state index contributed by atoms with van der Waals surface area (Å²) in [5, 5.41) is 2.98. The van der Waals surface area contributed by atoms with Crippen LogP contribution in [0.3, 0.4) is 0 Å². The van der Waals surface area contributed by atoms with Crippen molar-refractivity contribution in [3.63, 3.8) is 0 Å². The van der Waals surface area contributed by atoms with Gasteiger partial charge in [-0.1, -0.05) is 39.2 Å². The molecule has 27 heavy (non-hydrogen) atoms. The Labute approximate surface area is 163 Å². The summed E-state index contributed by atoms with van der Waals surface area (Å²) >= 11 is 0. The van der Waals surface area contributed by atoms with E-state index >= 15 is 0 Å². The molecule has 1 aliphatic heterocycles. The van der Waals surface area contributed by atoms with Crippen LogP contribution in [0.5, 0.6) is 0 Å². The van der Waals surface area contributed by atoms with Crippen LogP contribution in [0.25, 0.3) is 5.70 Å². The Kier molecular flexibility index (Phi) is 12.1. The van der Waals surface area contributed by atoms with Gasteiger partial charge in [0, 0.05) is 25.1 Å². The van der Waals surface area contributed by atoms with Crippen LogP contribution in [-0.4, -0.2) is 23.8 Å². The minimum absolute atomic E-state index is 0. The van der Waals surface area contributed by atoms with E-state index in [1.165, 1.54) is 6.20 Å². The van der Waals surface area contributed by atoms with Gasteiger partial charge in [0.05, 0.1) is 24.6 Å². The number of fused-ring (bicyclic) bond motifs is 1. The number of aliphatic imine (C=N–C) groups is 2. The van der Waals surface area contributed by atoms with E-state index in [4.69, 9.17) is 10.5 Å². The number of allylic oxidation sites excluding steroid dienone is 2. The number of aromatic nitrogens is 1. The lowest BCUT2D eigenvalue weighted by Crippen LogP contribution is -2.27. The fourth-order valence-corrected chi connectivity index (χ4v) is 1.84. The SMILES string of the molecule is C=C.C=C/C(=C\C)CN=C/C(=C\N)OC1=Nc2cnccc2C(=C)N1.CC.[HH]. The van der Waals surface area contributed by atoms with Crippen molar-refractivity contribution in [1.29, 1.82) is 0 Å². The Hall–Kier alpha value is -3.41. The van der Waals surface area contributed by atoms with Gasteiger partial charge in [0.2, 0.25) is 0 Å². The molecule has 1 aromatic heterocycles. The predicted molar refractivity (Wildman–Crippen MR) is 119 cm³/mol. The van der Waals surface area contributed by atoms with Crippen molar-refractivity contribution >= 4 is 23.6 Å². The normalized spacial score (nSPS) is 13.1. The smallest absolute Gasteiger partial charge is 0.300 e. The number of ether oxygens (including phenoxy) is 1. The van der Waals surface area contributed by atoms with Crippen molar-refractivity contribution in [2.24, 2.45) is 15.7 Å². The van der Waals surface area contributed by atoms with Crippen LogP contribution in [0, 0.1) is 0 Å². The zero-order valence-electron chi connectivity index (χ0n) is 16.4. The highest BCUT2D eigenvalue weighted by Crippen LogP contribution is 2.26. The molecule has 0 saturated carbocycles. The molecule has 1 aliphatic rings. The largest absolute Gasteiger partial charge is 0.422 e. The minimum atomic E-state index is 0. The molecule has 0 aliphatic carbocycles. The van der Waals surface area contributed by atoms with Crippen LogP contribution >= 0.6 is 0 Å². The fraction of sp³-hybridized carbons (Fsp3) is 0.190. The van der Waals surface area contributed by atoms with Gasteiger partial charge in [-0.2, -0.15) is 4.99 Å². The summed E-state index contributed by atoms with van der Waals surface area (Å²) in [4.78, 5) is 12.6. The van der Waals surface area contributed by atoms with Gasteiger partial charge in [-0.25, -0.2) is 0 Å². The monoisotopic (exact) mass is 369 g/mol. The predicted octanol–water partition coefficient (Wildman–Crippen LogP) is 4.74. The van der Waals surface area contributed by atoms with Gasteiger partial charge in [-0.3, -0.25) is 9.98 Å². The number of hydrogen-bond donors (Lipinski definition) is 2. The lowest BCUT2D eigenvalue weighted by Gasteiger charge is -2.19. The van der Waals surface area contributed by atoms with Crippen molar-refractivity contribution in [2.75, 3.05) is 6.54 Å². The molecule has 6 nitrogen and oxygen atoms in total. The standard InChI is InChI=1S/C17H19N5O.C2H6.C2H4.H2/c1-4-13(5-2)9-20-10-14(8-18)23-17-21-12(3)15-6-7-19-11-16(15)22-17;2*1-2;/h4-8,10-11H,1,3,9,18H2,2H3,(H,21,22);1-2H3;1-2H2;1H/b13-5+,14-8+,20-10?;;;. The van der Waals surface area contributed by atoms with Crippen LogP contribution in [0.4, 0.5) is 5.69 Å². The second-order valence-corrected chi connectivity index (χ2v) is 4.62. The second kappa shape index (κ2) is 13.8. The molecular formula is C21H31N5O. The second-order valence-electron chi connectivity index (χ2n) is 4.62. The number of rotatable bonds is 5. The number of nitrogens with zero attached hydrogens (tertiary/aromatic N) is 3. The highest BCUT2D eigenvalue weighted by Gasteiger charge is 2.16. The van der Waals surface area contributed by atoms with Gasteiger partial charge < -0.3 is 15.8 Å². The summed E-state index contributed by atoms with van der Waals surface area (Å²) in [7, 11) is 0. The maximum absolute atomic E-state index is 5.61. The first-order chi connectivity index (χ1) is 13.2. The third kappa shape index (κ3) is 7.56. The summed E-state index contributed by atoms with van der Waals surface area (Å²) in [6, 6.07) is 2.11. The van der Waals surface area contributed by atoms with Crippen molar-refractivity contribution in [1.82, 2.24) is 10.3 Å². The lowest BCUT2D eigenvalue weighted by atomic mass is 10.1. The molecule has 0 amide bonds. The van der Waals surface area contributed by atoms with Gasteiger partial charge in [-0.15, -0.1) is 13.2 Å². The van der Waals surface area contributed by atoms with Crippen LogP contribution < -0.4 is 11.1 Å². The van der Waals surface area contributed by atoms with Gasteiger partial charge in [-0.05, 0) is 18.6 Å². The maximum Gasteiger partial charge on any atom is 0.300 e. The molecule has 0 saturated heterocycles. The van der Waals surface area contributed by atoms with Crippen molar-refractivity contribution in [3.05, 3.63) is 80.0 Å². The van der Waals surface area contributed by atoms with E-state index in [2.05, 4.69) is 46.6 Å². The molecule has 2 heterocycles. The number of pyridine rings is 1. The molecule has 6 heteroatoms. The molecule has 1 aromatic rings. The molecule has 0 spiro atoms. The van der Waals surface area contributed by atoms with Gasteiger partial charge in [0.1, 0.15) is 0 Å². The molecule has 0 aromatic carbocycles. The van der Waals surface area contributed by atoms with E-state index in [1.807, 2.05) is 32.9 Å². The Morgan fingerprint density at radius 3 is 2.70 bits per heavy atom. The van der Waals surface area contributed by atoms with E-state index in [1.54, 1.807) is 24.7 Å². The van der Waals surface area contributed by atoms with E-state index in [-0.39, 0.29) is 7.45 Å². The summed E-state index contributed by atoms with van der Waals surface area (Å²) in [6.07, 6.45) is 9.88. The molecule has 0 radical (unpaired) electrons. The van der Waals surface area contributed by atoms with Crippen molar-refractivity contribution in [2.45, 2.75) is 20.8 Å². The lowest BCUT2D eigenvalue weighted by molar-refractivity contribution is 0.429. The Balaban J connectivity index is 0. The number of nitrogens with one attached hydrogen (secondary N) is 1. The molecule has 2 rings (SSSR count). The first-order valence-electron chi connectivity index (χ1n) is 8.54. The zero-order chi connectivity index (χ0) is 20.7. The molecule has 0 bridgehead atoms.